The summed E-state index contributed by atoms with van der Waals surface area (Å²) in [6, 6.07) is 1.71. The summed E-state index contributed by atoms with van der Waals surface area (Å²) in [6.07, 6.45) is 2.21. The Balaban J connectivity index is 2.44. The van der Waals surface area contributed by atoms with Crippen molar-refractivity contribution >= 4 is 11.6 Å². The number of ether oxygens (including phenoxy) is 1. The maximum atomic E-state index is 13.7. The summed E-state index contributed by atoms with van der Waals surface area (Å²) in [7, 11) is 1.58. The number of methoxy groups -OCH3 is 1. The first-order valence-electron chi connectivity index (χ1n) is 5.88. The minimum atomic E-state index is -0.379. The van der Waals surface area contributed by atoms with Gasteiger partial charge in [0.15, 0.2) is 0 Å². The molecular weight excluding hydrogens is 241 g/mol. The molecule has 1 saturated heterocycles. The van der Waals surface area contributed by atoms with Crippen LogP contribution < -0.4 is 10.1 Å². The predicted molar refractivity (Wildman–Crippen MR) is 67.5 cm³/mol. The van der Waals surface area contributed by atoms with Gasteiger partial charge in [-0.1, -0.05) is 11.6 Å². The molecule has 4 heteroatoms. The largest absolute Gasteiger partial charge is 0.496 e. The van der Waals surface area contributed by atoms with Crippen LogP contribution >= 0.6 is 11.6 Å². The highest BCUT2D eigenvalue weighted by Gasteiger charge is 2.23. The van der Waals surface area contributed by atoms with E-state index in [9.17, 15) is 4.39 Å². The first-order valence-corrected chi connectivity index (χ1v) is 6.26. The smallest absolute Gasteiger partial charge is 0.148 e. The summed E-state index contributed by atoms with van der Waals surface area (Å²) in [5.41, 5.74) is 1.52. The summed E-state index contributed by atoms with van der Waals surface area (Å²) in [5, 5.41) is 3.53. The Morgan fingerprint density at radius 3 is 2.88 bits per heavy atom. The van der Waals surface area contributed by atoms with Gasteiger partial charge in [0.05, 0.1) is 12.1 Å². The van der Waals surface area contributed by atoms with Crippen molar-refractivity contribution in [1.82, 2.24) is 5.32 Å². The Kier molecular flexibility index (Phi) is 3.89. The number of hydrogen-bond acceptors (Lipinski definition) is 2. The summed E-state index contributed by atoms with van der Waals surface area (Å²) < 4.78 is 19.0. The number of halogens is 2. The lowest BCUT2D eigenvalue weighted by Gasteiger charge is -2.25. The highest BCUT2D eigenvalue weighted by molar-refractivity contribution is 6.31. The van der Waals surface area contributed by atoms with Gasteiger partial charge in [-0.25, -0.2) is 4.39 Å². The summed E-state index contributed by atoms with van der Waals surface area (Å²) >= 11 is 5.92. The van der Waals surface area contributed by atoms with Crippen LogP contribution in [0.3, 0.4) is 0 Å². The molecule has 0 spiro atoms. The van der Waals surface area contributed by atoms with E-state index in [2.05, 4.69) is 5.32 Å². The fourth-order valence-electron chi connectivity index (χ4n) is 2.45. The highest BCUT2D eigenvalue weighted by Crippen LogP contribution is 2.37. The molecule has 2 nitrogen and oxygen atoms in total. The van der Waals surface area contributed by atoms with Gasteiger partial charge in [0.25, 0.3) is 0 Å². The van der Waals surface area contributed by atoms with Crippen LogP contribution in [0.2, 0.25) is 5.02 Å². The third-order valence-electron chi connectivity index (χ3n) is 3.36. The van der Waals surface area contributed by atoms with Crippen molar-refractivity contribution in [2.45, 2.75) is 25.7 Å². The van der Waals surface area contributed by atoms with E-state index >= 15 is 0 Å². The summed E-state index contributed by atoms with van der Waals surface area (Å²) in [4.78, 5) is 0. The molecule has 0 radical (unpaired) electrons. The molecule has 0 bridgehead atoms. The van der Waals surface area contributed by atoms with E-state index in [-0.39, 0.29) is 10.8 Å². The Morgan fingerprint density at radius 1 is 1.53 bits per heavy atom. The van der Waals surface area contributed by atoms with Gasteiger partial charge >= 0.3 is 0 Å². The highest BCUT2D eigenvalue weighted by atomic mass is 35.5. The molecule has 0 saturated carbocycles. The van der Waals surface area contributed by atoms with Crippen LogP contribution in [0.25, 0.3) is 0 Å². The standard InChI is InChI=1S/C13H17ClFNO/c1-8-12(15)11(14)6-10(13(8)17-2)9-4-3-5-16-7-9/h6,9,16H,3-5,7H2,1-2H3. The quantitative estimate of drug-likeness (QED) is 0.878. The number of rotatable bonds is 2. The second kappa shape index (κ2) is 5.23. The minimum absolute atomic E-state index is 0.184. The third kappa shape index (κ3) is 2.40. The molecule has 1 N–H and O–H groups in total. The molecule has 1 aromatic rings. The fraction of sp³-hybridized carbons (Fsp3) is 0.538. The number of piperidine rings is 1. The summed E-state index contributed by atoms with van der Waals surface area (Å²) in [6.45, 7) is 3.66. The van der Waals surface area contributed by atoms with Crippen molar-refractivity contribution in [2.24, 2.45) is 0 Å². The van der Waals surface area contributed by atoms with E-state index in [0.717, 1.165) is 31.5 Å². The molecule has 2 rings (SSSR count). The molecule has 0 aliphatic carbocycles. The molecular formula is C13H17ClFNO. The molecule has 1 unspecified atom stereocenters. The van der Waals surface area contributed by atoms with Crippen LogP contribution in [0.15, 0.2) is 6.07 Å². The molecule has 1 atom stereocenters. The third-order valence-corrected chi connectivity index (χ3v) is 3.64. The lowest BCUT2D eigenvalue weighted by Crippen LogP contribution is -2.28. The van der Waals surface area contributed by atoms with Crippen LogP contribution in [-0.2, 0) is 0 Å². The van der Waals surface area contributed by atoms with E-state index in [4.69, 9.17) is 16.3 Å². The Bertz CT molecular complexity index is 416. The SMILES string of the molecule is COc1c(C2CCCNC2)cc(Cl)c(F)c1C. The Labute approximate surface area is 106 Å². The minimum Gasteiger partial charge on any atom is -0.496 e. The molecule has 17 heavy (non-hydrogen) atoms. The number of hydrogen-bond donors (Lipinski definition) is 1. The van der Waals surface area contributed by atoms with Crippen LogP contribution in [0, 0.1) is 12.7 Å². The van der Waals surface area contributed by atoms with E-state index in [1.54, 1.807) is 20.1 Å². The monoisotopic (exact) mass is 257 g/mol. The predicted octanol–water partition coefficient (Wildman–Crippen LogP) is 3.26. The van der Waals surface area contributed by atoms with Crippen LogP contribution in [0.5, 0.6) is 5.75 Å². The van der Waals surface area contributed by atoms with E-state index in [1.807, 2.05) is 0 Å². The van der Waals surface area contributed by atoms with Crippen LogP contribution in [0.4, 0.5) is 4.39 Å². The van der Waals surface area contributed by atoms with Gasteiger partial charge in [0, 0.05) is 23.6 Å². The molecule has 1 heterocycles. The molecule has 1 aliphatic rings. The van der Waals surface area contributed by atoms with Gasteiger partial charge < -0.3 is 10.1 Å². The van der Waals surface area contributed by atoms with Gasteiger partial charge in [-0.3, -0.25) is 0 Å². The topological polar surface area (TPSA) is 21.3 Å². The zero-order valence-corrected chi connectivity index (χ0v) is 10.9. The maximum absolute atomic E-state index is 13.7. The van der Waals surface area contributed by atoms with Crippen molar-refractivity contribution in [1.29, 1.82) is 0 Å². The second-order valence-electron chi connectivity index (χ2n) is 4.46. The molecule has 1 aliphatic heterocycles. The molecule has 1 aromatic carbocycles. The lowest BCUT2D eigenvalue weighted by molar-refractivity contribution is 0.385. The van der Waals surface area contributed by atoms with Crippen LogP contribution in [0.1, 0.15) is 29.9 Å². The zero-order valence-electron chi connectivity index (χ0n) is 10.1. The first kappa shape index (κ1) is 12.7. The molecule has 94 valence electrons. The van der Waals surface area contributed by atoms with Crippen molar-refractivity contribution in [3.05, 3.63) is 28.0 Å². The van der Waals surface area contributed by atoms with Crippen LogP contribution in [-0.4, -0.2) is 20.2 Å². The van der Waals surface area contributed by atoms with Crippen molar-refractivity contribution in [3.8, 4) is 5.75 Å². The molecule has 0 amide bonds. The second-order valence-corrected chi connectivity index (χ2v) is 4.87. The lowest BCUT2D eigenvalue weighted by atomic mass is 9.89. The normalized spacial score (nSPS) is 20.4. The Hall–Kier alpha value is -0.800. The number of nitrogens with one attached hydrogen (secondary N) is 1. The van der Waals surface area contributed by atoms with Crippen molar-refractivity contribution < 1.29 is 9.13 Å². The number of benzene rings is 1. The van der Waals surface area contributed by atoms with Gasteiger partial charge in [-0.15, -0.1) is 0 Å². The van der Waals surface area contributed by atoms with Crippen molar-refractivity contribution in [2.75, 3.05) is 20.2 Å². The molecule has 0 aromatic heterocycles. The van der Waals surface area contributed by atoms with Gasteiger partial charge in [0.2, 0.25) is 0 Å². The maximum Gasteiger partial charge on any atom is 0.148 e. The van der Waals surface area contributed by atoms with Crippen molar-refractivity contribution in [3.63, 3.8) is 0 Å². The van der Waals surface area contributed by atoms with E-state index in [0.29, 0.717) is 17.2 Å². The van der Waals surface area contributed by atoms with Gasteiger partial charge in [-0.05, 0) is 32.4 Å². The average Bonchev–Trinajstić information content (AvgIpc) is 2.36. The van der Waals surface area contributed by atoms with Gasteiger partial charge in [-0.2, -0.15) is 0 Å². The first-order chi connectivity index (χ1) is 8.15. The Morgan fingerprint density at radius 2 is 2.29 bits per heavy atom. The van der Waals surface area contributed by atoms with Gasteiger partial charge in [0.1, 0.15) is 11.6 Å². The molecule has 1 fully saturated rings. The fourth-order valence-corrected chi connectivity index (χ4v) is 2.71. The summed E-state index contributed by atoms with van der Waals surface area (Å²) in [5.74, 6) is 0.618. The zero-order chi connectivity index (χ0) is 12.4. The average molecular weight is 258 g/mol. The van der Waals surface area contributed by atoms with E-state index < -0.39 is 0 Å². The van der Waals surface area contributed by atoms with E-state index in [1.165, 1.54) is 0 Å².